The summed E-state index contributed by atoms with van der Waals surface area (Å²) < 4.78 is 0. The van der Waals surface area contributed by atoms with Crippen molar-refractivity contribution in [3.05, 3.63) is 40.4 Å². The molecule has 118 valence electrons. The summed E-state index contributed by atoms with van der Waals surface area (Å²) in [6.45, 7) is 4.54. The van der Waals surface area contributed by atoms with E-state index in [4.69, 9.17) is 11.6 Å². The van der Waals surface area contributed by atoms with Gasteiger partial charge < -0.3 is 5.11 Å². The van der Waals surface area contributed by atoms with Crippen molar-refractivity contribution in [3.8, 4) is 10.6 Å². The molecule has 6 heteroatoms. The van der Waals surface area contributed by atoms with Crippen molar-refractivity contribution in [2.24, 2.45) is 5.92 Å². The highest BCUT2D eigenvalue weighted by atomic mass is 35.5. The molecule has 22 heavy (non-hydrogen) atoms. The number of halogens is 1. The van der Waals surface area contributed by atoms with Crippen LogP contribution in [0.3, 0.4) is 0 Å². The van der Waals surface area contributed by atoms with Crippen molar-refractivity contribution in [3.63, 3.8) is 0 Å². The Bertz CT molecular complexity index is 625. The summed E-state index contributed by atoms with van der Waals surface area (Å²) >= 11 is 7.43. The number of aromatic nitrogens is 1. The van der Waals surface area contributed by atoms with Crippen LogP contribution < -0.4 is 5.32 Å². The van der Waals surface area contributed by atoms with E-state index in [0.29, 0.717) is 23.9 Å². The van der Waals surface area contributed by atoms with E-state index in [1.807, 2.05) is 38.1 Å². The monoisotopic (exact) mass is 338 g/mol. The Morgan fingerprint density at radius 1 is 1.36 bits per heavy atom. The molecule has 0 aliphatic carbocycles. The van der Waals surface area contributed by atoms with Crippen LogP contribution in [0.25, 0.3) is 10.6 Å². The number of benzene rings is 1. The summed E-state index contributed by atoms with van der Waals surface area (Å²) in [5.41, 5.74) is 1.01. The molecule has 0 saturated heterocycles. The molecule has 0 radical (unpaired) electrons. The molecule has 1 aromatic heterocycles. The van der Waals surface area contributed by atoms with Gasteiger partial charge in [-0.05, 0) is 24.5 Å². The number of hydrogen-bond donors (Lipinski definition) is 2. The summed E-state index contributed by atoms with van der Waals surface area (Å²) in [5.74, 6) is -0.476. The van der Waals surface area contributed by atoms with Gasteiger partial charge in [-0.15, -0.1) is 11.3 Å². The van der Waals surface area contributed by atoms with E-state index in [1.165, 1.54) is 0 Å². The van der Waals surface area contributed by atoms with Crippen LogP contribution in [0.15, 0.2) is 30.5 Å². The maximum Gasteiger partial charge on any atom is 0.320 e. The Labute approximate surface area is 139 Å². The number of carbonyl (C=O) groups is 1. The largest absolute Gasteiger partial charge is 0.480 e. The summed E-state index contributed by atoms with van der Waals surface area (Å²) in [4.78, 5) is 16.6. The first-order valence-corrected chi connectivity index (χ1v) is 8.32. The third kappa shape index (κ3) is 4.80. The average molecular weight is 339 g/mol. The van der Waals surface area contributed by atoms with Gasteiger partial charge in [0.05, 0.1) is 0 Å². The molecule has 0 spiro atoms. The molecular weight excluding hydrogens is 320 g/mol. The highest BCUT2D eigenvalue weighted by Crippen LogP contribution is 2.26. The molecule has 2 aromatic rings. The maximum absolute atomic E-state index is 11.2. The number of thiazole rings is 1. The SMILES string of the molecule is CC(C)C[C@@H](NCc1cnc(-c2ccc(Cl)cc2)s1)C(=O)O. The number of aliphatic carboxylic acids is 1. The van der Waals surface area contributed by atoms with Gasteiger partial charge in [0.25, 0.3) is 0 Å². The molecule has 1 aromatic carbocycles. The second kappa shape index (κ2) is 7.72. The fraction of sp³-hybridized carbons (Fsp3) is 0.375. The highest BCUT2D eigenvalue weighted by Gasteiger charge is 2.18. The van der Waals surface area contributed by atoms with Crippen molar-refractivity contribution in [2.75, 3.05) is 0 Å². The van der Waals surface area contributed by atoms with Crippen LogP contribution in [0, 0.1) is 5.92 Å². The molecule has 0 fully saturated rings. The fourth-order valence-corrected chi connectivity index (χ4v) is 3.08. The first-order chi connectivity index (χ1) is 10.5. The molecule has 0 amide bonds. The van der Waals surface area contributed by atoms with Gasteiger partial charge in [-0.1, -0.05) is 37.6 Å². The van der Waals surface area contributed by atoms with Crippen molar-refractivity contribution in [2.45, 2.75) is 32.9 Å². The third-order valence-electron chi connectivity index (χ3n) is 3.17. The van der Waals surface area contributed by atoms with Crippen LogP contribution in [0.4, 0.5) is 0 Å². The summed E-state index contributed by atoms with van der Waals surface area (Å²) in [7, 11) is 0. The Kier molecular flexibility index (Phi) is 5.94. The van der Waals surface area contributed by atoms with Crippen LogP contribution in [0.2, 0.25) is 5.02 Å². The Hall–Kier alpha value is -1.43. The lowest BCUT2D eigenvalue weighted by molar-refractivity contribution is -0.140. The average Bonchev–Trinajstić information content (AvgIpc) is 2.92. The van der Waals surface area contributed by atoms with Gasteiger partial charge in [0, 0.05) is 28.2 Å². The second-order valence-electron chi connectivity index (χ2n) is 5.54. The molecule has 0 aliphatic heterocycles. The lowest BCUT2D eigenvalue weighted by Crippen LogP contribution is -2.37. The van der Waals surface area contributed by atoms with Gasteiger partial charge in [0.2, 0.25) is 0 Å². The maximum atomic E-state index is 11.2. The number of carboxylic acid groups (broad SMARTS) is 1. The lowest BCUT2D eigenvalue weighted by atomic mass is 10.0. The summed E-state index contributed by atoms with van der Waals surface area (Å²) in [6.07, 6.45) is 2.40. The molecule has 0 saturated carbocycles. The van der Waals surface area contributed by atoms with Crippen LogP contribution in [0.5, 0.6) is 0 Å². The van der Waals surface area contributed by atoms with E-state index in [0.717, 1.165) is 15.4 Å². The molecular formula is C16H19ClN2O2S. The third-order valence-corrected chi connectivity index (χ3v) is 4.47. The molecule has 0 unspecified atom stereocenters. The van der Waals surface area contributed by atoms with Gasteiger partial charge in [0.15, 0.2) is 0 Å². The quantitative estimate of drug-likeness (QED) is 0.799. The van der Waals surface area contributed by atoms with E-state index in [-0.39, 0.29) is 0 Å². The van der Waals surface area contributed by atoms with Gasteiger partial charge >= 0.3 is 5.97 Å². The van der Waals surface area contributed by atoms with Gasteiger partial charge in [-0.3, -0.25) is 10.1 Å². The molecule has 1 atom stereocenters. The zero-order valence-corrected chi connectivity index (χ0v) is 14.1. The Morgan fingerprint density at radius 3 is 2.64 bits per heavy atom. The second-order valence-corrected chi connectivity index (χ2v) is 7.09. The number of hydrogen-bond acceptors (Lipinski definition) is 4. The number of rotatable bonds is 7. The van der Waals surface area contributed by atoms with E-state index < -0.39 is 12.0 Å². The molecule has 1 heterocycles. The highest BCUT2D eigenvalue weighted by molar-refractivity contribution is 7.15. The van der Waals surface area contributed by atoms with Crippen LogP contribution >= 0.6 is 22.9 Å². The van der Waals surface area contributed by atoms with Crippen LogP contribution in [-0.2, 0) is 11.3 Å². The van der Waals surface area contributed by atoms with Crippen molar-refractivity contribution >= 4 is 28.9 Å². The summed E-state index contributed by atoms with van der Waals surface area (Å²) in [5, 5.41) is 13.9. The van der Waals surface area contributed by atoms with Gasteiger partial charge in [0.1, 0.15) is 11.0 Å². The van der Waals surface area contributed by atoms with E-state index >= 15 is 0 Å². The van der Waals surface area contributed by atoms with Crippen LogP contribution in [-0.4, -0.2) is 22.1 Å². The van der Waals surface area contributed by atoms with Crippen molar-refractivity contribution in [1.29, 1.82) is 0 Å². The van der Waals surface area contributed by atoms with Gasteiger partial charge in [-0.25, -0.2) is 4.98 Å². The number of carboxylic acids is 1. The lowest BCUT2D eigenvalue weighted by Gasteiger charge is -2.15. The minimum atomic E-state index is -0.809. The van der Waals surface area contributed by atoms with E-state index in [9.17, 15) is 9.90 Å². The predicted octanol–water partition coefficient (Wildman–Crippen LogP) is 4.05. The zero-order chi connectivity index (χ0) is 16.1. The summed E-state index contributed by atoms with van der Waals surface area (Å²) in [6, 6.07) is 6.99. The Balaban J connectivity index is 1.99. The minimum absolute atomic E-state index is 0.333. The first-order valence-electron chi connectivity index (χ1n) is 7.12. The molecule has 0 bridgehead atoms. The molecule has 2 rings (SSSR count). The number of nitrogens with zero attached hydrogens (tertiary/aromatic N) is 1. The molecule has 0 aliphatic rings. The van der Waals surface area contributed by atoms with Gasteiger partial charge in [-0.2, -0.15) is 0 Å². The molecule has 4 nitrogen and oxygen atoms in total. The van der Waals surface area contributed by atoms with Crippen molar-refractivity contribution in [1.82, 2.24) is 10.3 Å². The van der Waals surface area contributed by atoms with Crippen molar-refractivity contribution < 1.29 is 9.90 Å². The van der Waals surface area contributed by atoms with E-state index in [1.54, 1.807) is 17.5 Å². The minimum Gasteiger partial charge on any atom is -0.480 e. The normalized spacial score (nSPS) is 12.5. The standard InChI is InChI=1S/C16H19ClN2O2S/c1-10(2)7-14(16(20)21)18-8-13-9-19-15(22-13)11-3-5-12(17)6-4-11/h3-6,9-10,14,18H,7-8H2,1-2H3,(H,20,21)/t14-/m1/s1. The number of nitrogens with one attached hydrogen (secondary N) is 1. The van der Waals surface area contributed by atoms with Crippen LogP contribution in [0.1, 0.15) is 25.1 Å². The predicted molar refractivity (Wildman–Crippen MR) is 90.3 cm³/mol. The molecule has 2 N–H and O–H groups in total. The van der Waals surface area contributed by atoms with E-state index in [2.05, 4.69) is 10.3 Å². The smallest absolute Gasteiger partial charge is 0.320 e. The first kappa shape index (κ1) is 16.9. The fourth-order valence-electron chi connectivity index (χ4n) is 2.08. The zero-order valence-electron chi connectivity index (χ0n) is 12.5. The Morgan fingerprint density at radius 2 is 2.05 bits per heavy atom. The topological polar surface area (TPSA) is 62.2 Å².